The first-order chi connectivity index (χ1) is 10.9. The summed E-state index contributed by atoms with van der Waals surface area (Å²) in [6.07, 6.45) is 1.81. The van der Waals surface area contributed by atoms with Gasteiger partial charge >= 0.3 is 5.97 Å². The zero-order valence-electron chi connectivity index (χ0n) is 13.5. The molecule has 1 heterocycles. The summed E-state index contributed by atoms with van der Waals surface area (Å²) in [5.41, 5.74) is 1.95. The molecule has 0 aliphatic heterocycles. The quantitative estimate of drug-likeness (QED) is 0.635. The number of ether oxygens (including phenoxy) is 1. The van der Waals surface area contributed by atoms with Gasteiger partial charge in [-0.15, -0.1) is 0 Å². The predicted molar refractivity (Wildman–Crippen MR) is 92.3 cm³/mol. The van der Waals surface area contributed by atoms with Gasteiger partial charge in [-0.3, -0.25) is 4.98 Å². The minimum Gasteiger partial charge on any atom is -0.456 e. The lowest BCUT2D eigenvalue weighted by Crippen LogP contribution is -2.23. The van der Waals surface area contributed by atoms with E-state index in [2.05, 4.69) is 17.1 Å². The standard InChI is InChI=1S/C20H19NO2/c1-20(2,3)23-19(22)16-10-8-15(9-11-16)18-17-7-5-4-6-14(17)12-13-21-18/h4-13H,1-3H3. The van der Waals surface area contributed by atoms with Crippen LogP contribution in [0.15, 0.2) is 60.8 Å². The number of esters is 1. The van der Waals surface area contributed by atoms with Crippen LogP contribution in [-0.2, 0) is 4.74 Å². The van der Waals surface area contributed by atoms with Gasteiger partial charge in [0.05, 0.1) is 11.3 Å². The molecule has 0 amide bonds. The third-order valence-electron chi connectivity index (χ3n) is 3.47. The molecule has 3 nitrogen and oxygen atoms in total. The van der Waals surface area contributed by atoms with Gasteiger partial charge in [0.25, 0.3) is 0 Å². The van der Waals surface area contributed by atoms with Crippen LogP contribution in [0.25, 0.3) is 22.0 Å². The highest BCUT2D eigenvalue weighted by atomic mass is 16.6. The highest BCUT2D eigenvalue weighted by Crippen LogP contribution is 2.26. The number of nitrogens with zero attached hydrogens (tertiary/aromatic N) is 1. The van der Waals surface area contributed by atoms with Crippen LogP contribution < -0.4 is 0 Å². The van der Waals surface area contributed by atoms with Gasteiger partial charge in [-0.1, -0.05) is 36.4 Å². The van der Waals surface area contributed by atoms with Gasteiger partial charge in [-0.2, -0.15) is 0 Å². The average molecular weight is 305 g/mol. The molecule has 1 aromatic heterocycles. The number of benzene rings is 2. The summed E-state index contributed by atoms with van der Waals surface area (Å²) in [5, 5.41) is 2.24. The minimum absolute atomic E-state index is 0.310. The Balaban J connectivity index is 1.94. The van der Waals surface area contributed by atoms with Gasteiger partial charge in [0.1, 0.15) is 5.60 Å². The van der Waals surface area contributed by atoms with E-state index in [1.807, 2.05) is 51.1 Å². The minimum atomic E-state index is -0.493. The first kappa shape index (κ1) is 15.2. The normalized spacial score (nSPS) is 11.4. The highest BCUT2D eigenvalue weighted by Gasteiger charge is 2.17. The van der Waals surface area contributed by atoms with Gasteiger partial charge in [0, 0.05) is 17.1 Å². The Morgan fingerprint density at radius 2 is 1.65 bits per heavy atom. The molecule has 2 aromatic carbocycles. The molecule has 0 spiro atoms. The fraction of sp³-hybridized carbons (Fsp3) is 0.200. The lowest BCUT2D eigenvalue weighted by Gasteiger charge is -2.19. The van der Waals surface area contributed by atoms with Crippen LogP contribution in [0, 0.1) is 0 Å². The molecule has 0 aliphatic rings. The van der Waals surface area contributed by atoms with Gasteiger partial charge in [0.2, 0.25) is 0 Å². The van der Waals surface area contributed by atoms with Gasteiger partial charge in [-0.05, 0) is 44.4 Å². The van der Waals surface area contributed by atoms with Crippen LogP contribution >= 0.6 is 0 Å². The third kappa shape index (κ3) is 3.39. The van der Waals surface area contributed by atoms with Crippen molar-refractivity contribution in [1.29, 1.82) is 0 Å². The molecule has 23 heavy (non-hydrogen) atoms. The second-order valence-electron chi connectivity index (χ2n) is 6.46. The maximum Gasteiger partial charge on any atom is 0.338 e. The molecule has 0 atom stereocenters. The van der Waals surface area contributed by atoms with Crippen molar-refractivity contribution in [3.05, 3.63) is 66.4 Å². The van der Waals surface area contributed by atoms with Crippen LogP contribution in [-0.4, -0.2) is 16.6 Å². The van der Waals surface area contributed by atoms with Crippen molar-refractivity contribution in [2.24, 2.45) is 0 Å². The van der Waals surface area contributed by atoms with Crippen LogP contribution in [0.4, 0.5) is 0 Å². The Morgan fingerprint density at radius 1 is 0.957 bits per heavy atom. The molecule has 3 aromatic rings. The number of carbonyl (C=O) groups is 1. The van der Waals surface area contributed by atoms with Crippen molar-refractivity contribution >= 4 is 16.7 Å². The molecule has 0 N–H and O–H groups in total. The second-order valence-corrected chi connectivity index (χ2v) is 6.46. The lowest BCUT2D eigenvalue weighted by molar-refractivity contribution is 0.00696. The zero-order chi connectivity index (χ0) is 16.4. The van der Waals surface area contributed by atoms with Crippen molar-refractivity contribution in [3.8, 4) is 11.3 Å². The Labute approximate surface area is 135 Å². The number of hydrogen-bond donors (Lipinski definition) is 0. The van der Waals surface area contributed by atoms with Crippen LogP contribution in [0.2, 0.25) is 0 Å². The first-order valence-electron chi connectivity index (χ1n) is 7.61. The van der Waals surface area contributed by atoms with Gasteiger partial charge in [0.15, 0.2) is 0 Å². The predicted octanol–water partition coefficient (Wildman–Crippen LogP) is 4.86. The van der Waals surface area contributed by atoms with Gasteiger partial charge < -0.3 is 4.74 Å². The lowest BCUT2D eigenvalue weighted by atomic mass is 10.0. The Morgan fingerprint density at radius 3 is 2.35 bits per heavy atom. The molecule has 0 bridgehead atoms. The summed E-state index contributed by atoms with van der Waals surface area (Å²) >= 11 is 0. The number of hydrogen-bond acceptors (Lipinski definition) is 3. The monoisotopic (exact) mass is 305 g/mol. The summed E-state index contributed by atoms with van der Waals surface area (Å²) in [7, 11) is 0. The van der Waals surface area contributed by atoms with Crippen molar-refractivity contribution in [1.82, 2.24) is 4.98 Å². The smallest absolute Gasteiger partial charge is 0.338 e. The molecular weight excluding hydrogens is 286 g/mol. The Kier molecular flexibility index (Phi) is 3.87. The van der Waals surface area contributed by atoms with E-state index in [0.29, 0.717) is 5.56 Å². The topological polar surface area (TPSA) is 39.2 Å². The summed E-state index contributed by atoms with van der Waals surface area (Å²) in [5.74, 6) is -0.310. The summed E-state index contributed by atoms with van der Waals surface area (Å²) in [4.78, 5) is 16.6. The van der Waals surface area contributed by atoms with Crippen molar-refractivity contribution in [2.75, 3.05) is 0 Å². The maximum atomic E-state index is 12.1. The number of carbonyl (C=O) groups excluding carboxylic acids is 1. The van der Waals surface area contributed by atoms with E-state index >= 15 is 0 Å². The van der Waals surface area contributed by atoms with Gasteiger partial charge in [-0.25, -0.2) is 4.79 Å². The van der Waals surface area contributed by atoms with Crippen molar-refractivity contribution in [3.63, 3.8) is 0 Å². The SMILES string of the molecule is CC(C)(C)OC(=O)c1ccc(-c2nccc3ccccc23)cc1. The van der Waals surface area contributed by atoms with Crippen molar-refractivity contribution < 1.29 is 9.53 Å². The number of rotatable bonds is 2. The van der Waals surface area contributed by atoms with E-state index < -0.39 is 5.60 Å². The fourth-order valence-electron chi connectivity index (χ4n) is 2.45. The molecular formula is C20H19NO2. The van der Waals surface area contributed by atoms with E-state index in [0.717, 1.165) is 22.0 Å². The van der Waals surface area contributed by atoms with E-state index in [-0.39, 0.29) is 5.97 Å². The maximum absolute atomic E-state index is 12.1. The summed E-state index contributed by atoms with van der Waals surface area (Å²) in [6, 6.07) is 17.5. The van der Waals surface area contributed by atoms with Crippen LogP contribution in [0.5, 0.6) is 0 Å². The molecule has 0 saturated carbocycles. The largest absolute Gasteiger partial charge is 0.456 e. The third-order valence-corrected chi connectivity index (χ3v) is 3.47. The van der Waals surface area contributed by atoms with Crippen LogP contribution in [0.1, 0.15) is 31.1 Å². The summed E-state index contributed by atoms with van der Waals surface area (Å²) < 4.78 is 5.39. The number of fused-ring (bicyclic) bond motifs is 1. The molecule has 0 aliphatic carbocycles. The van der Waals surface area contributed by atoms with E-state index in [9.17, 15) is 4.79 Å². The second kappa shape index (κ2) is 5.84. The van der Waals surface area contributed by atoms with E-state index in [4.69, 9.17) is 4.74 Å². The molecule has 0 saturated heterocycles. The first-order valence-corrected chi connectivity index (χ1v) is 7.61. The van der Waals surface area contributed by atoms with Crippen molar-refractivity contribution in [2.45, 2.75) is 26.4 Å². The fourth-order valence-corrected chi connectivity index (χ4v) is 2.45. The van der Waals surface area contributed by atoms with E-state index in [1.165, 1.54) is 0 Å². The summed E-state index contributed by atoms with van der Waals surface area (Å²) in [6.45, 7) is 5.58. The molecule has 3 rings (SSSR count). The molecule has 0 unspecified atom stereocenters. The molecule has 116 valence electrons. The molecule has 3 heteroatoms. The molecule has 0 fully saturated rings. The molecule has 0 radical (unpaired) electrons. The number of aromatic nitrogens is 1. The highest BCUT2D eigenvalue weighted by molar-refractivity contribution is 5.95. The zero-order valence-corrected chi connectivity index (χ0v) is 13.5. The van der Waals surface area contributed by atoms with E-state index in [1.54, 1.807) is 18.3 Å². The number of pyridine rings is 1. The average Bonchev–Trinajstić information content (AvgIpc) is 2.53. The Hall–Kier alpha value is -2.68. The van der Waals surface area contributed by atoms with Crippen LogP contribution in [0.3, 0.4) is 0 Å². The Bertz CT molecular complexity index is 840.